The minimum Gasteiger partial charge on any atom is -0.299 e. The number of aromatic nitrogens is 2. The zero-order chi connectivity index (χ0) is 11.4. The number of allylic oxidation sites excluding steroid dienone is 1. The molecule has 0 spiro atoms. The summed E-state index contributed by atoms with van der Waals surface area (Å²) < 4.78 is 27.9. The van der Waals surface area contributed by atoms with Crippen LogP contribution in [-0.2, 0) is 6.54 Å². The molecule has 3 nitrogen and oxygen atoms in total. The van der Waals surface area contributed by atoms with Crippen molar-refractivity contribution in [3.05, 3.63) is 46.4 Å². The second-order valence-corrected chi connectivity index (χ2v) is 3.70. The van der Waals surface area contributed by atoms with Crippen LogP contribution in [0.4, 0.5) is 8.78 Å². The van der Waals surface area contributed by atoms with E-state index in [4.69, 9.17) is 0 Å². The molecule has 0 saturated carbocycles. The van der Waals surface area contributed by atoms with Crippen molar-refractivity contribution in [1.29, 1.82) is 0 Å². The molecule has 2 aromatic heterocycles. The van der Waals surface area contributed by atoms with E-state index in [1.807, 2.05) is 0 Å². The molecule has 0 bridgehead atoms. The predicted octanol–water partition coefficient (Wildman–Crippen LogP) is 1.70. The maximum atomic E-state index is 13.5. The van der Waals surface area contributed by atoms with Crippen molar-refractivity contribution in [3.8, 4) is 0 Å². The molecule has 80 valence electrons. The van der Waals surface area contributed by atoms with Crippen LogP contribution in [-0.4, -0.2) is 9.55 Å². The minimum absolute atomic E-state index is 0.116. The van der Waals surface area contributed by atoms with Crippen molar-refractivity contribution < 1.29 is 8.78 Å². The second kappa shape index (κ2) is 2.75. The van der Waals surface area contributed by atoms with E-state index < -0.39 is 17.2 Å². The van der Waals surface area contributed by atoms with Gasteiger partial charge < -0.3 is 0 Å². The first-order valence-electron chi connectivity index (χ1n) is 4.65. The van der Waals surface area contributed by atoms with Crippen LogP contribution >= 0.6 is 0 Å². The number of hydrogen-bond acceptors (Lipinski definition) is 2. The first-order valence-corrected chi connectivity index (χ1v) is 4.65. The normalized spacial score (nSPS) is 13.8. The largest absolute Gasteiger partial charge is 0.299 e. The lowest BCUT2D eigenvalue weighted by molar-refractivity contribution is 0.593. The van der Waals surface area contributed by atoms with Gasteiger partial charge in [-0.1, -0.05) is 6.58 Å². The molecule has 3 rings (SSSR count). The summed E-state index contributed by atoms with van der Waals surface area (Å²) in [6.45, 7) is 3.79. The summed E-state index contributed by atoms with van der Waals surface area (Å²) in [7, 11) is 0. The van der Waals surface area contributed by atoms with Crippen molar-refractivity contribution >= 4 is 16.6 Å². The number of nitrogens with zero attached hydrogens (tertiary/aromatic N) is 2. The van der Waals surface area contributed by atoms with Gasteiger partial charge in [0.2, 0.25) is 0 Å². The average Bonchev–Trinajstić information content (AvgIpc) is 2.59. The Bertz CT molecular complexity index is 703. The van der Waals surface area contributed by atoms with Gasteiger partial charge >= 0.3 is 0 Å². The highest BCUT2D eigenvalue weighted by Crippen LogP contribution is 2.31. The monoisotopic (exact) mass is 220 g/mol. The van der Waals surface area contributed by atoms with Gasteiger partial charge in [0.25, 0.3) is 5.56 Å². The molecule has 1 aliphatic heterocycles. The summed E-state index contributed by atoms with van der Waals surface area (Å²) in [5.74, 6) is -1.41. The lowest BCUT2D eigenvalue weighted by Crippen LogP contribution is -2.21. The SMILES string of the molecule is C=C1Cn2c(=O)c(F)cc3ncc(F)c1c32. The van der Waals surface area contributed by atoms with Gasteiger partial charge in [-0.3, -0.25) is 14.3 Å². The molecular weight excluding hydrogens is 214 g/mol. The Kier molecular flexibility index (Phi) is 1.58. The first kappa shape index (κ1) is 9.21. The molecule has 1 aliphatic rings. The Morgan fingerprint density at radius 3 is 2.88 bits per heavy atom. The molecule has 3 heterocycles. The van der Waals surface area contributed by atoms with Crippen molar-refractivity contribution in [2.24, 2.45) is 0 Å². The molecule has 0 atom stereocenters. The van der Waals surface area contributed by atoms with E-state index in [1.54, 1.807) is 0 Å². The summed E-state index contributed by atoms with van der Waals surface area (Å²) in [6, 6.07) is 1.02. The number of hydrogen-bond donors (Lipinski definition) is 0. The van der Waals surface area contributed by atoms with Crippen LogP contribution in [0.5, 0.6) is 0 Å². The topological polar surface area (TPSA) is 34.9 Å². The van der Waals surface area contributed by atoms with Crippen LogP contribution < -0.4 is 5.56 Å². The smallest absolute Gasteiger partial charge is 0.287 e. The predicted molar refractivity (Wildman–Crippen MR) is 55.0 cm³/mol. The van der Waals surface area contributed by atoms with Gasteiger partial charge in [0.15, 0.2) is 11.6 Å². The summed E-state index contributed by atoms with van der Waals surface area (Å²) in [5.41, 5.74) is 0.568. The Labute approximate surface area is 88.7 Å². The van der Waals surface area contributed by atoms with Crippen LogP contribution in [0.2, 0.25) is 0 Å². The third kappa shape index (κ3) is 0.946. The number of pyridine rings is 2. The summed E-state index contributed by atoms with van der Waals surface area (Å²) in [6.07, 6.45) is 1.02. The lowest BCUT2D eigenvalue weighted by Gasteiger charge is -2.02. The van der Waals surface area contributed by atoms with E-state index in [9.17, 15) is 13.6 Å². The van der Waals surface area contributed by atoms with Gasteiger partial charge in [-0.05, 0) is 5.57 Å². The summed E-state index contributed by atoms with van der Waals surface area (Å²) in [4.78, 5) is 15.3. The Balaban J connectivity index is 2.64. The van der Waals surface area contributed by atoms with Crippen molar-refractivity contribution in [2.45, 2.75) is 6.54 Å². The quantitative estimate of drug-likeness (QED) is 0.677. The van der Waals surface area contributed by atoms with Crippen LogP contribution in [0.3, 0.4) is 0 Å². The van der Waals surface area contributed by atoms with Gasteiger partial charge in [0.1, 0.15) is 0 Å². The van der Waals surface area contributed by atoms with Gasteiger partial charge in [-0.15, -0.1) is 0 Å². The van der Waals surface area contributed by atoms with E-state index >= 15 is 0 Å². The molecule has 2 aromatic rings. The second-order valence-electron chi connectivity index (χ2n) is 3.70. The highest BCUT2D eigenvalue weighted by molar-refractivity contribution is 5.92. The van der Waals surface area contributed by atoms with Crippen LogP contribution in [0.15, 0.2) is 23.6 Å². The van der Waals surface area contributed by atoms with Gasteiger partial charge in [-0.25, -0.2) is 8.78 Å². The molecule has 0 N–H and O–H groups in total. The van der Waals surface area contributed by atoms with Crippen molar-refractivity contribution in [2.75, 3.05) is 0 Å². The maximum Gasteiger partial charge on any atom is 0.287 e. The van der Waals surface area contributed by atoms with Crippen molar-refractivity contribution in [3.63, 3.8) is 0 Å². The van der Waals surface area contributed by atoms with Crippen LogP contribution in [0.25, 0.3) is 16.6 Å². The van der Waals surface area contributed by atoms with Crippen LogP contribution in [0.1, 0.15) is 5.56 Å². The highest BCUT2D eigenvalue weighted by Gasteiger charge is 2.24. The third-order valence-electron chi connectivity index (χ3n) is 2.72. The first-order chi connectivity index (χ1) is 7.59. The van der Waals surface area contributed by atoms with Crippen molar-refractivity contribution in [1.82, 2.24) is 9.55 Å². The zero-order valence-electron chi connectivity index (χ0n) is 8.13. The molecule has 5 heteroatoms. The number of halogens is 2. The van der Waals surface area contributed by atoms with Gasteiger partial charge in [0, 0.05) is 11.6 Å². The number of rotatable bonds is 0. The molecule has 16 heavy (non-hydrogen) atoms. The van der Waals surface area contributed by atoms with E-state index in [-0.39, 0.29) is 17.6 Å². The molecule has 0 aromatic carbocycles. The van der Waals surface area contributed by atoms with E-state index in [1.165, 1.54) is 4.57 Å². The molecule has 0 fully saturated rings. The van der Waals surface area contributed by atoms with E-state index in [2.05, 4.69) is 11.6 Å². The summed E-state index contributed by atoms with van der Waals surface area (Å²) in [5, 5.41) is 0. The fraction of sp³-hybridized carbons (Fsp3) is 0.0909. The zero-order valence-corrected chi connectivity index (χ0v) is 8.13. The molecule has 0 radical (unpaired) electrons. The average molecular weight is 220 g/mol. The Morgan fingerprint density at radius 1 is 1.38 bits per heavy atom. The third-order valence-corrected chi connectivity index (χ3v) is 2.72. The van der Waals surface area contributed by atoms with Crippen LogP contribution in [0, 0.1) is 11.6 Å². The van der Waals surface area contributed by atoms with E-state index in [0.29, 0.717) is 11.1 Å². The fourth-order valence-corrected chi connectivity index (χ4v) is 2.04. The Hall–Kier alpha value is -2.04. The molecule has 0 amide bonds. The molecular formula is C11H6F2N2O. The molecule has 0 aliphatic carbocycles. The highest BCUT2D eigenvalue weighted by atomic mass is 19.1. The Morgan fingerprint density at radius 2 is 2.12 bits per heavy atom. The van der Waals surface area contributed by atoms with E-state index in [0.717, 1.165) is 12.3 Å². The molecule has 0 saturated heterocycles. The lowest BCUT2D eigenvalue weighted by atomic mass is 10.1. The minimum atomic E-state index is -0.882. The standard InChI is InChI=1S/C11H6F2N2O/c1-5-4-15-10-8(2-6(12)11(15)16)14-3-7(13)9(5)10/h2-3H,1,4H2. The van der Waals surface area contributed by atoms with Gasteiger partial charge in [0.05, 0.1) is 23.8 Å². The maximum absolute atomic E-state index is 13.5. The molecule has 0 unspecified atom stereocenters. The fourth-order valence-electron chi connectivity index (χ4n) is 2.04. The summed E-state index contributed by atoms with van der Waals surface area (Å²) >= 11 is 0. The van der Waals surface area contributed by atoms with Gasteiger partial charge in [-0.2, -0.15) is 0 Å².